The summed E-state index contributed by atoms with van der Waals surface area (Å²) in [6.07, 6.45) is 0.798. The predicted octanol–water partition coefficient (Wildman–Crippen LogP) is 2.75. The van der Waals surface area contributed by atoms with Crippen molar-refractivity contribution in [3.8, 4) is 23.1 Å². The summed E-state index contributed by atoms with van der Waals surface area (Å²) >= 11 is 0. The molecule has 0 fully saturated rings. The van der Waals surface area contributed by atoms with E-state index in [0.29, 0.717) is 36.4 Å². The highest BCUT2D eigenvalue weighted by Crippen LogP contribution is 2.23. The lowest BCUT2D eigenvalue weighted by Gasteiger charge is -2.08. The number of aromatic nitrogens is 2. The molecule has 5 heteroatoms. The van der Waals surface area contributed by atoms with Crippen molar-refractivity contribution in [3.05, 3.63) is 35.9 Å². The largest absolute Gasteiger partial charge is 0.478 e. The van der Waals surface area contributed by atoms with E-state index in [1.54, 1.807) is 30.3 Å². The Kier molecular flexibility index (Phi) is 4.65. The van der Waals surface area contributed by atoms with Gasteiger partial charge in [-0.15, -0.1) is 0 Å². The van der Waals surface area contributed by atoms with Crippen LogP contribution < -0.4 is 9.47 Å². The number of carbonyl (C=O) groups is 1. The van der Waals surface area contributed by atoms with Gasteiger partial charge < -0.3 is 9.47 Å². The standard InChI is InChI=1S/C15H16N2O3/c1-3-19-13-9-14(20-4-2)17-15(16-13)12-7-5-11(10-18)6-8-12/h5-10H,3-4H2,1-2H3. The molecule has 0 amide bonds. The van der Waals surface area contributed by atoms with Crippen LogP contribution in [0.2, 0.25) is 0 Å². The third-order valence-corrected chi connectivity index (χ3v) is 2.57. The monoisotopic (exact) mass is 272 g/mol. The Morgan fingerprint density at radius 2 is 1.55 bits per heavy atom. The number of hydrogen-bond acceptors (Lipinski definition) is 5. The second-order valence-corrected chi connectivity index (χ2v) is 3.97. The minimum atomic E-state index is 0.473. The van der Waals surface area contributed by atoms with Gasteiger partial charge in [0.1, 0.15) is 6.29 Å². The van der Waals surface area contributed by atoms with Crippen LogP contribution in [0.4, 0.5) is 0 Å². The van der Waals surface area contributed by atoms with Crippen LogP contribution in [-0.2, 0) is 0 Å². The Bertz CT molecular complexity index is 558. The van der Waals surface area contributed by atoms with Gasteiger partial charge in [0.15, 0.2) is 5.82 Å². The van der Waals surface area contributed by atoms with E-state index in [1.807, 2.05) is 13.8 Å². The maximum Gasteiger partial charge on any atom is 0.220 e. The van der Waals surface area contributed by atoms with E-state index in [0.717, 1.165) is 11.8 Å². The number of ether oxygens (including phenoxy) is 2. The third kappa shape index (κ3) is 3.32. The van der Waals surface area contributed by atoms with Crippen LogP contribution in [0.3, 0.4) is 0 Å². The number of hydrogen-bond donors (Lipinski definition) is 0. The Morgan fingerprint density at radius 1 is 1.00 bits per heavy atom. The molecule has 1 aromatic heterocycles. The zero-order chi connectivity index (χ0) is 14.4. The van der Waals surface area contributed by atoms with E-state index >= 15 is 0 Å². The molecule has 0 N–H and O–H groups in total. The van der Waals surface area contributed by atoms with Gasteiger partial charge in [0.2, 0.25) is 11.8 Å². The molecule has 1 aromatic carbocycles. The molecule has 0 unspecified atom stereocenters. The maximum absolute atomic E-state index is 10.7. The molecule has 0 aliphatic heterocycles. The summed E-state index contributed by atoms with van der Waals surface area (Å²) in [6.45, 7) is 4.82. The number of aldehydes is 1. The van der Waals surface area contributed by atoms with Crippen molar-refractivity contribution in [2.45, 2.75) is 13.8 Å². The predicted molar refractivity (Wildman–Crippen MR) is 75.2 cm³/mol. The molecule has 0 aliphatic carbocycles. The van der Waals surface area contributed by atoms with Gasteiger partial charge in [-0.3, -0.25) is 4.79 Å². The Hall–Kier alpha value is -2.43. The van der Waals surface area contributed by atoms with Gasteiger partial charge in [-0.2, -0.15) is 9.97 Å². The first-order valence-corrected chi connectivity index (χ1v) is 6.47. The van der Waals surface area contributed by atoms with E-state index in [-0.39, 0.29) is 0 Å². The summed E-state index contributed by atoms with van der Waals surface area (Å²) in [6, 6.07) is 8.70. The molecule has 0 bridgehead atoms. The third-order valence-electron chi connectivity index (χ3n) is 2.57. The molecule has 20 heavy (non-hydrogen) atoms. The average molecular weight is 272 g/mol. The first-order chi connectivity index (χ1) is 9.76. The first-order valence-electron chi connectivity index (χ1n) is 6.47. The summed E-state index contributed by atoms with van der Waals surface area (Å²) in [5.74, 6) is 1.46. The van der Waals surface area contributed by atoms with Crippen molar-refractivity contribution in [2.24, 2.45) is 0 Å². The van der Waals surface area contributed by atoms with Crippen LogP contribution in [0, 0.1) is 0 Å². The molecule has 2 aromatic rings. The molecule has 0 atom stereocenters. The van der Waals surface area contributed by atoms with Crippen LogP contribution in [0.1, 0.15) is 24.2 Å². The summed E-state index contributed by atoms with van der Waals surface area (Å²) in [5, 5.41) is 0. The zero-order valence-corrected chi connectivity index (χ0v) is 11.5. The molecule has 0 aliphatic rings. The quantitative estimate of drug-likeness (QED) is 0.757. The van der Waals surface area contributed by atoms with Gasteiger partial charge in [0, 0.05) is 11.1 Å². The summed E-state index contributed by atoms with van der Waals surface area (Å²) in [5.41, 5.74) is 1.41. The highest BCUT2D eigenvalue weighted by atomic mass is 16.5. The normalized spacial score (nSPS) is 10.1. The van der Waals surface area contributed by atoms with E-state index in [1.165, 1.54) is 0 Å². The van der Waals surface area contributed by atoms with Crippen LogP contribution >= 0.6 is 0 Å². The fourth-order valence-electron chi connectivity index (χ4n) is 1.69. The fraction of sp³-hybridized carbons (Fsp3) is 0.267. The van der Waals surface area contributed by atoms with E-state index in [2.05, 4.69) is 9.97 Å². The van der Waals surface area contributed by atoms with Gasteiger partial charge in [-0.1, -0.05) is 24.3 Å². The number of benzene rings is 1. The smallest absolute Gasteiger partial charge is 0.220 e. The van der Waals surface area contributed by atoms with Crippen molar-refractivity contribution in [2.75, 3.05) is 13.2 Å². The molecule has 0 spiro atoms. The van der Waals surface area contributed by atoms with Gasteiger partial charge >= 0.3 is 0 Å². The van der Waals surface area contributed by atoms with Crippen molar-refractivity contribution >= 4 is 6.29 Å². The van der Waals surface area contributed by atoms with E-state index < -0.39 is 0 Å². The lowest BCUT2D eigenvalue weighted by Crippen LogP contribution is -2.01. The second-order valence-electron chi connectivity index (χ2n) is 3.97. The molecule has 0 saturated heterocycles. The molecule has 2 rings (SSSR count). The van der Waals surface area contributed by atoms with Crippen molar-refractivity contribution in [1.82, 2.24) is 9.97 Å². The molecule has 0 saturated carbocycles. The number of nitrogens with zero attached hydrogens (tertiary/aromatic N) is 2. The Balaban J connectivity index is 2.39. The van der Waals surface area contributed by atoms with Crippen molar-refractivity contribution in [3.63, 3.8) is 0 Å². The van der Waals surface area contributed by atoms with Gasteiger partial charge in [0.05, 0.1) is 19.3 Å². The maximum atomic E-state index is 10.7. The SMILES string of the molecule is CCOc1cc(OCC)nc(-c2ccc(C=O)cc2)n1. The van der Waals surface area contributed by atoms with E-state index in [4.69, 9.17) is 9.47 Å². The Morgan fingerprint density at radius 3 is 2.00 bits per heavy atom. The lowest BCUT2D eigenvalue weighted by molar-refractivity contribution is 0.112. The fourth-order valence-corrected chi connectivity index (χ4v) is 1.69. The molecule has 1 heterocycles. The van der Waals surface area contributed by atoms with Crippen LogP contribution in [0.5, 0.6) is 11.8 Å². The van der Waals surface area contributed by atoms with Gasteiger partial charge in [-0.25, -0.2) is 0 Å². The minimum absolute atomic E-state index is 0.473. The molecular weight excluding hydrogens is 256 g/mol. The summed E-state index contributed by atoms with van der Waals surface area (Å²) in [7, 11) is 0. The van der Waals surface area contributed by atoms with Crippen LogP contribution in [0.15, 0.2) is 30.3 Å². The zero-order valence-electron chi connectivity index (χ0n) is 11.5. The van der Waals surface area contributed by atoms with E-state index in [9.17, 15) is 4.79 Å². The second kappa shape index (κ2) is 6.65. The topological polar surface area (TPSA) is 61.3 Å². The van der Waals surface area contributed by atoms with Crippen LogP contribution in [-0.4, -0.2) is 29.5 Å². The minimum Gasteiger partial charge on any atom is -0.478 e. The summed E-state index contributed by atoms with van der Waals surface area (Å²) in [4.78, 5) is 19.3. The number of carbonyl (C=O) groups excluding carboxylic acids is 1. The summed E-state index contributed by atoms with van der Waals surface area (Å²) < 4.78 is 10.8. The average Bonchev–Trinajstić information content (AvgIpc) is 2.48. The molecule has 5 nitrogen and oxygen atoms in total. The number of rotatable bonds is 6. The van der Waals surface area contributed by atoms with Crippen LogP contribution in [0.25, 0.3) is 11.4 Å². The Labute approximate surface area is 117 Å². The van der Waals surface area contributed by atoms with Crippen molar-refractivity contribution in [1.29, 1.82) is 0 Å². The van der Waals surface area contributed by atoms with Crippen molar-refractivity contribution < 1.29 is 14.3 Å². The lowest BCUT2D eigenvalue weighted by atomic mass is 10.1. The van der Waals surface area contributed by atoms with Gasteiger partial charge in [0.25, 0.3) is 0 Å². The molecule has 104 valence electrons. The highest BCUT2D eigenvalue weighted by Gasteiger charge is 2.08. The highest BCUT2D eigenvalue weighted by molar-refractivity contribution is 5.76. The first kappa shape index (κ1) is 14.0. The molecular formula is C15H16N2O3. The van der Waals surface area contributed by atoms with Gasteiger partial charge in [-0.05, 0) is 13.8 Å². The molecule has 0 radical (unpaired) electrons.